The van der Waals surface area contributed by atoms with Gasteiger partial charge in [-0.25, -0.2) is 4.79 Å². The van der Waals surface area contributed by atoms with Gasteiger partial charge in [0.2, 0.25) is 0 Å². The molecule has 128 valence electrons. The van der Waals surface area contributed by atoms with E-state index in [9.17, 15) is 9.90 Å². The summed E-state index contributed by atoms with van der Waals surface area (Å²) in [6, 6.07) is 7.29. The molecule has 0 aromatic heterocycles. The fourth-order valence-corrected chi connectivity index (χ4v) is 3.25. The summed E-state index contributed by atoms with van der Waals surface area (Å²) >= 11 is 9.55. The predicted octanol–water partition coefficient (Wildman–Crippen LogP) is 5.22. The van der Waals surface area contributed by atoms with Crippen LogP contribution in [0.3, 0.4) is 0 Å². The van der Waals surface area contributed by atoms with E-state index >= 15 is 0 Å². The molecule has 4 nitrogen and oxygen atoms in total. The Morgan fingerprint density at radius 3 is 2.42 bits per heavy atom. The maximum absolute atomic E-state index is 11.4. The third-order valence-electron chi connectivity index (χ3n) is 3.55. The van der Waals surface area contributed by atoms with Gasteiger partial charge in [-0.3, -0.25) is 0 Å². The molecule has 0 aliphatic rings. The molecule has 0 unspecified atom stereocenters. The monoisotopic (exact) mass is 411 g/mol. The Labute approximate surface area is 154 Å². The van der Waals surface area contributed by atoms with Crippen LogP contribution in [-0.4, -0.2) is 24.2 Å². The number of rotatable bonds is 6. The summed E-state index contributed by atoms with van der Waals surface area (Å²) in [4.78, 5) is 11.4. The van der Waals surface area contributed by atoms with Crippen molar-refractivity contribution in [2.45, 2.75) is 20.8 Å². The van der Waals surface area contributed by atoms with E-state index < -0.39 is 5.97 Å². The summed E-state index contributed by atoms with van der Waals surface area (Å²) < 4.78 is 6.44. The van der Waals surface area contributed by atoms with Gasteiger partial charge in [0.05, 0.1) is 11.3 Å². The van der Waals surface area contributed by atoms with E-state index in [1.807, 2.05) is 39.0 Å². The molecule has 2 aromatic carbocycles. The highest BCUT2D eigenvalue weighted by Gasteiger charge is 2.14. The first-order valence-electron chi connectivity index (χ1n) is 7.46. The van der Waals surface area contributed by atoms with E-state index in [0.717, 1.165) is 31.9 Å². The molecular weight excluding hydrogens is 394 g/mol. The molecule has 2 aromatic rings. The number of aryl methyl sites for hydroxylation is 3. The van der Waals surface area contributed by atoms with Crippen LogP contribution in [0.25, 0.3) is 0 Å². The molecule has 6 heteroatoms. The molecule has 0 heterocycles. The summed E-state index contributed by atoms with van der Waals surface area (Å²) in [5.41, 5.74) is 3.61. The zero-order valence-corrected chi connectivity index (χ0v) is 16.1. The second-order valence-electron chi connectivity index (χ2n) is 5.62. The van der Waals surface area contributed by atoms with Gasteiger partial charge in [-0.2, -0.15) is 0 Å². The van der Waals surface area contributed by atoms with Crippen molar-refractivity contribution in [3.8, 4) is 5.75 Å². The lowest BCUT2D eigenvalue weighted by Gasteiger charge is -2.14. The summed E-state index contributed by atoms with van der Waals surface area (Å²) in [7, 11) is 0. The Hall–Kier alpha value is -1.72. The molecule has 0 aliphatic carbocycles. The fourth-order valence-electron chi connectivity index (χ4n) is 2.42. The van der Waals surface area contributed by atoms with Crippen molar-refractivity contribution in [1.82, 2.24) is 0 Å². The Morgan fingerprint density at radius 2 is 1.83 bits per heavy atom. The molecule has 2 N–H and O–H groups in total. The molecule has 0 aliphatic heterocycles. The lowest BCUT2D eigenvalue weighted by molar-refractivity contribution is 0.0697. The van der Waals surface area contributed by atoms with E-state index in [1.54, 1.807) is 6.07 Å². The molecule has 0 amide bonds. The van der Waals surface area contributed by atoms with E-state index in [2.05, 4.69) is 21.2 Å². The van der Waals surface area contributed by atoms with Crippen LogP contribution >= 0.6 is 27.5 Å². The lowest BCUT2D eigenvalue weighted by atomic mass is 10.1. The van der Waals surface area contributed by atoms with Crippen molar-refractivity contribution < 1.29 is 14.6 Å². The standard InChI is InChI=1S/C18H19BrClNO3/c1-10-6-14(18(22)23)17(15(19)7-10)21-4-5-24-13-8-11(2)16(20)12(3)9-13/h6-9,21H,4-5H2,1-3H3,(H,22,23). The first-order valence-corrected chi connectivity index (χ1v) is 8.63. The van der Waals surface area contributed by atoms with Crippen molar-refractivity contribution in [3.05, 3.63) is 56.0 Å². The highest BCUT2D eigenvalue weighted by atomic mass is 79.9. The van der Waals surface area contributed by atoms with Gasteiger partial charge in [0.15, 0.2) is 0 Å². The van der Waals surface area contributed by atoms with Crippen molar-refractivity contribution >= 4 is 39.2 Å². The predicted molar refractivity (Wildman–Crippen MR) is 101 cm³/mol. The molecule has 0 bridgehead atoms. The van der Waals surface area contributed by atoms with E-state index in [1.165, 1.54) is 0 Å². The van der Waals surface area contributed by atoms with Crippen molar-refractivity contribution in [2.24, 2.45) is 0 Å². The third kappa shape index (κ3) is 4.42. The molecule has 0 atom stereocenters. The summed E-state index contributed by atoms with van der Waals surface area (Å²) in [5, 5.41) is 13.2. The number of nitrogens with one attached hydrogen (secondary N) is 1. The van der Waals surface area contributed by atoms with Gasteiger partial charge in [-0.15, -0.1) is 0 Å². The average molecular weight is 413 g/mol. The van der Waals surface area contributed by atoms with Gasteiger partial charge in [0.1, 0.15) is 12.4 Å². The highest BCUT2D eigenvalue weighted by molar-refractivity contribution is 9.10. The minimum absolute atomic E-state index is 0.236. The first kappa shape index (κ1) is 18.6. The van der Waals surface area contributed by atoms with Crippen LogP contribution in [0.5, 0.6) is 5.75 Å². The summed E-state index contributed by atoms with van der Waals surface area (Å²) in [5.74, 6) is -0.218. The van der Waals surface area contributed by atoms with Crippen LogP contribution in [-0.2, 0) is 0 Å². The summed E-state index contributed by atoms with van der Waals surface area (Å²) in [6.07, 6.45) is 0. The molecule has 24 heavy (non-hydrogen) atoms. The van der Waals surface area contributed by atoms with E-state index in [-0.39, 0.29) is 5.56 Å². The van der Waals surface area contributed by atoms with Gasteiger partial charge < -0.3 is 15.2 Å². The molecule has 0 saturated heterocycles. The summed E-state index contributed by atoms with van der Waals surface area (Å²) in [6.45, 7) is 6.60. The van der Waals surface area contributed by atoms with Crippen LogP contribution in [0.2, 0.25) is 5.02 Å². The number of carbonyl (C=O) groups is 1. The first-order chi connectivity index (χ1) is 11.3. The molecule has 0 saturated carbocycles. The number of carboxylic acids is 1. The van der Waals surface area contributed by atoms with Crippen molar-refractivity contribution in [3.63, 3.8) is 0 Å². The average Bonchev–Trinajstić information content (AvgIpc) is 2.50. The zero-order valence-electron chi connectivity index (χ0n) is 13.7. The topological polar surface area (TPSA) is 58.6 Å². The normalized spacial score (nSPS) is 10.5. The number of hydrogen-bond donors (Lipinski definition) is 2. The van der Waals surface area contributed by atoms with Crippen LogP contribution in [0, 0.1) is 20.8 Å². The maximum Gasteiger partial charge on any atom is 0.337 e. The minimum Gasteiger partial charge on any atom is -0.492 e. The van der Waals surface area contributed by atoms with Gasteiger partial charge >= 0.3 is 5.97 Å². The number of hydrogen-bond acceptors (Lipinski definition) is 3. The van der Waals surface area contributed by atoms with Crippen LogP contribution in [0.15, 0.2) is 28.7 Å². The Kier molecular flexibility index (Phi) is 6.13. The maximum atomic E-state index is 11.4. The molecule has 0 spiro atoms. The molecule has 0 radical (unpaired) electrons. The van der Waals surface area contributed by atoms with E-state index in [4.69, 9.17) is 16.3 Å². The van der Waals surface area contributed by atoms with Gasteiger partial charge in [0.25, 0.3) is 0 Å². The van der Waals surface area contributed by atoms with E-state index in [0.29, 0.717) is 18.8 Å². The minimum atomic E-state index is -0.966. The molecule has 2 rings (SSSR count). The SMILES string of the molecule is Cc1cc(Br)c(NCCOc2cc(C)c(Cl)c(C)c2)c(C(=O)O)c1. The molecular formula is C18H19BrClNO3. The Balaban J connectivity index is 2.02. The number of anilines is 1. The Morgan fingerprint density at radius 1 is 1.21 bits per heavy atom. The zero-order chi connectivity index (χ0) is 17.9. The van der Waals surface area contributed by atoms with Gasteiger partial charge in [-0.1, -0.05) is 11.6 Å². The van der Waals surface area contributed by atoms with Crippen molar-refractivity contribution in [1.29, 1.82) is 0 Å². The third-order valence-corrected chi connectivity index (χ3v) is 4.77. The van der Waals surface area contributed by atoms with Crippen LogP contribution < -0.4 is 10.1 Å². The number of halogens is 2. The second-order valence-corrected chi connectivity index (χ2v) is 6.85. The quantitative estimate of drug-likeness (QED) is 0.639. The van der Waals surface area contributed by atoms with Crippen molar-refractivity contribution in [2.75, 3.05) is 18.5 Å². The number of benzene rings is 2. The highest BCUT2D eigenvalue weighted by Crippen LogP contribution is 2.29. The number of ether oxygens (including phenoxy) is 1. The van der Waals surface area contributed by atoms with Gasteiger partial charge in [-0.05, 0) is 77.7 Å². The lowest BCUT2D eigenvalue weighted by Crippen LogP contribution is -2.14. The number of aromatic carboxylic acids is 1. The molecule has 0 fully saturated rings. The Bertz CT molecular complexity index is 754. The fraction of sp³-hybridized carbons (Fsp3) is 0.278. The number of carboxylic acid groups (broad SMARTS) is 1. The van der Waals surface area contributed by atoms with Gasteiger partial charge in [0, 0.05) is 16.0 Å². The van der Waals surface area contributed by atoms with Crippen LogP contribution in [0.4, 0.5) is 5.69 Å². The smallest absolute Gasteiger partial charge is 0.337 e. The second kappa shape index (κ2) is 7.90. The largest absolute Gasteiger partial charge is 0.492 e. The van der Waals surface area contributed by atoms with Crippen LogP contribution in [0.1, 0.15) is 27.0 Å².